The minimum absolute atomic E-state index is 0.152. The summed E-state index contributed by atoms with van der Waals surface area (Å²) in [5.41, 5.74) is 2.71. The summed E-state index contributed by atoms with van der Waals surface area (Å²) in [5.74, 6) is 0.367. The first-order valence-electron chi connectivity index (χ1n) is 10.8. The van der Waals surface area contributed by atoms with E-state index in [2.05, 4.69) is 52.2 Å². The van der Waals surface area contributed by atoms with Gasteiger partial charge in [-0.05, 0) is 64.8 Å². The van der Waals surface area contributed by atoms with Crippen molar-refractivity contribution in [1.29, 1.82) is 0 Å². The van der Waals surface area contributed by atoms with Crippen molar-refractivity contribution < 1.29 is 9.53 Å². The van der Waals surface area contributed by atoms with Gasteiger partial charge in [0.2, 0.25) is 5.91 Å². The highest BCUT2D eigenvalue weighted by Gasteiger charge is 2.25. The maximum absolute atomic E-state index is 12.4. The third-order valence-corrected chi connectivity index (χ3v) is 5.64. The Morgan fingerprint density at radius 1 is 1.25 bits per heavy atom. The van der Waals surface area contributed by atoms with Gasteiger partial charge in [-0.1, -0.05) is 18.2 Å². The Labute approximate surface area is 169 Å². The summed E-state index contributed by atoms with van der Waals surface area (Å²) in [6, 6.07) is 8.65. The zero-order valence-electron chi connectivity index (χ0n) is 17.6. The number of aryl methyl sites for hydroxylation is 1. The molecule has 2 aromatic rings. The van der Waals surface area contributed by atoms with Crippen LogP contribution in [0.3, 0.4) is 0 Å². The maximum Gasteiger partial charge on any atom is 0.223 e. The standard InChI is InChI=1S/C23H35N3O2/c1-4-26-17-20(21-8-5-6-9-22(21)26)16-25-13-10-19(11-14-25)23(27)24-12-7-15-28-18(2)3/h5-6,8-9,17-19H,4,7,10-16H2,1-3H3,(H,24,27). The Bertz CT molecular complexity index is 760. The van der Waals surface area contributed by atoms with Crippen molar-refractivity contribution in [2.45, 2.75) is 59.2 Å². The summed E-state index contributed by atoms with van der Waals surface area (Å²) in [6.45, 7) is 11.6. The molecule has 1 N–H and O–H groups in total. The van der Waals surface area contributed by atoms with Crippen LogP contribution in [0.4, 0.5) is 0 Å². The molecule has 0 atom stereocenters. The number of hydrogen-bond acceptors (Lipinski definition) is 3. The molecule has 0 aliphatic carbocycles. The van der Waals surface area contributed by atoms with E-state index in [1.807, 2.05) is 13.8 Å². The highest BCUT2D eigenvalue weighted by Crippen LogP contribution is 2.25. The Morgan fingerprint density at radius 3 is 2.71 bits per heavy atom. The number of carbonyl (C=O) groups is 1. The van der Waals surface area contributed by atoms with Gasteiger partial charge in [-0.25, -0.2) is 0 Å². The molecule has 28 heavy (non-hydrogen) atoms. The molecule has 1 aliphatic rings. The number of ether oxygens (including phenoxy) is 1. The third-order valence-electron chi connectivity index (χ3n) is 5.64. The third kappa shape index (κ3) is 5.36. The van der Waals surface area contributed by atoms with Gasteiger partial charge in [0.1, 0.15) is 0 Å². The quantitative estimate of drug-likeness (QED) is 0.668. The van der Waals surface area contributed by atoms with Crippen LogP contribution >= 0.6 is 0 Å². The van der Waals surface area contributed by atoms with Crippen LogP contribution in [-0.4, -0.2) is 47.7 Å². The number of para-hydroxylation sites is 1. The number of carbonyl (C=O) groups excluding carboxylic acids is 1. The number of aromatic nitrogens is 1. The van der Waals surface area contributed by atoms with E-state index in [-0.39, 0.29) is 17.9 Å². The molecule has 1 fully saturated rings. The predicted molar refractivity (Wildman–Crippen MR) is 114 cm³/mol. The van der Waals surface area contributed by atoms with E-state index in [9.17, 15) is 4.79 Å². The zero-order valence-corrected chi connectivity index (χ0v) is 17.6. The van der Waals surface area contributed by atoms with Crippen LogP contribution < -0.4 is 5.32 Å². The van der Waals surface area contributed by atoms with E-state index < -0.39 is 0 Å². The monoisotopic (exact) mass is 385 g/mol. The molecule has 1 aromatic heterocycles. The lowest BCUT2D eigenvalue weighted by Gasteiger charge is -2.31. The number of amides is 1. The molecule has 5 nitrogen and oxygen atoms in total. The van der Waals surface area contributed by atoms with Gasteiger partial charge in [0.25, 0.3) is 0 Å². The number of hydrogen-bond donors (Lipinski definition) is 1. The van der Waals surface area contributed by atoms with Crippen LogP contribution in [0.5, 0.6) is 0 Å². The number of fused-ring (bicyclic) bond motifs is 1. The minimum Gasteiger partial charge on any atom is -0.379 e. The fraction of sp³-hybridized carbons (Fsp3) is 0.609. The van der Waals surface area contributed by atoms with E-state index in [0.717, 1.165) is 45.4 Å². The number of piperidine rings is 1. The lowest BCUT2D eigenvalue weighted by atomic mass is 9.95. The fourth-order valence-corrected chi connectivity index (χ4v) is 4.05. The molecular formula is C23H35N3O2. The maximum atomic E-state index is 12.4. The Hall–Kier alpha value is -1.85. The van der Waals surface area contributed by atoms with Crippen molar-refractivity contribution in [3.05, 3.63) is 36.0 Å². The van der Waals surface area contributed by atoms with Crippen LogP contribution in [0, 0.1) is 5.92 Å². The molecule has 1 aliphatic heterocycles. The summed E-state index contributed by atoms with van der Waals surface area (Å²) in [5, 5.41) is 4.44. The average molecular weight is 386 g/mol. The Morgan fingerprint density at radius 2 is 2.00 bits per heavy atom. The van der Waals surface area contributed by atoms with Gasteiger partial charge < -0.3 is 14.6 Å². The van der Waals surface area contributed by atoms with Crippen molar-refractivity contribution in [2.24, 2.45) is 5.92 Å². The van der Waals surface area contributed by atoms with Gasteiger partial charge in [0.15, 0.2) is 0 Å². The SMILES string of the molecule is CCn1cc(CN2CCC(C(=O)NCCCOC(C)C)CC2)c2ccccc21. The largest absolute Gasteiger partial charge is 0.379 e. The first-order valence-corrected chi connectivity index (χ1v) is 10.8. The van der Waals surface area contributed by atoms with Gasteiger partial charge in [0.05, 0.1) is 6.10 Å². The van der Waals surface area contributed by atoms with E-state index in [1.54, 1.807) is 0 Å². The molecule has 154 valence electrons. The summed E-state index contributed by atoms with van der Waals surface area (Å²) in [7, 11) is 0. The smallest absolute Gasteiger partial charge is 0.223 e. The lowest BCUT2D eigenvalue weighted by molar-refractivity contribution is -0.126. The molecule has 1 amide bonds. The second-order valence-electron chi connectivity index (χ2n) is 8.07. The van der Waals surface area contributed by atoms with Crippen molar-refractivity contribution >= 4 is 16.8 Å². The number of nitrogens with zero attached hydrogens (tertiary/aromatic N) is 2. The highest BCUT2D eigenvalue weighted by atomic mass is 16.5. The van der Waals surface area contributed by atoms with Gasteiger partial charge in [-0.3, -0.25) is 9.69 Å². The van der Waals surface area contributed by atoms with Gasteiger partial charge >= 0.3 is 0 Å². The normalized spacial score (nSPS) is 16.1. The molecule has 3 rings (SSSR count). The Kier molecular flexibility index (Phi) is 7.51. The van der Waals surface area contributed by atoms with E-state index in [4.69, 9.17) is 4.74 Å². The Balaban J connectivity index is 1.45. The van der Waals surface area contributed by atoms with Gasteiger partial charge in [0, 0.05) is 49.3 Å². The van der Waals surface area contributed by atoms with Gasteiger partial charge in [-0.2, -0.15) is 0 Å². The molecule has 1 saturated heterocycles. The molecule has 0 saturated carbocycles. The summed E-state index contributed by atoms with van der Waals surface area (Å²) < 4.78 is 7.85. The number of rotatable bonds is 9. The number of benzene rings is 1. The first-order chi connectivity index (χ1) is 13.6. The molecule has 2 heterocycles. The second-order valence-corrected chi connectivity index (χ2v) is 8.07. The fourth-order valence-electron chi connectivity index (χ4n) is 4.05. The topological polar surface area (TPSA) is 46.5 Å². The van der Waals surface area contributed by atoms with E-state index in [1.165, 1.54) is 16.5 Å². The molecule has 0 radical (unpaired) electrons. The van der Waals surface area contributed by atoms with E-state index in [0.29, 0.717) is 13.2 Å². The number of nitrogens with one attached hydrogen (secondary N) is 1. The highest BCUT2D eigenvalue weighted by molar-refractivity contribution is 5.84. The summed E-state index contributed by atoms with van der Waals surface area (Å²) in [6.07, 6.45) is 5.32. The predicted octanol–water partition coefficient (Wildman–Crippen LogP) is 3.80. The first kappa shape index (κ1) is 20.9. The van der Waals surface area contributed by atoms with Crippen LogP contribution in [0.2, 0.25) is 0 Å². The van der Waals surface area contributed by atoms with Crippen molar-refractivity contribution in [3.63, 3.8) is 0 Å². The average Bonchev–Trinajstić information content (AvgIpc) is 3.06. The van der Waals surface area contributed by atoms with Crippen molar-refractivity contribution in [3.8, 4) is 0 Å². The molecule has 1 aromatic carbocycles. The lowest BCUT2D eigenvalue weighted by Crippen LogP contribution is -2.40. The molecule has 0 unspecified atom stereocenters. The summed E-state index contributed by atoms with van der Waals surface area (Å²) in [4.78, 5) is 14.9. The molecule has 5 heteroatoms. The van der Waals surface area contributed by atoms with Gasteiger partial charge in [-0.15, -0.1) is 0 Å². The van der Waals surface area contributed by atoms with Crippen molar-refractivity contribution in [2.75, 3.05) is 26.2 Å². The van der Waals surface area contributed by atoms with Crippen LogP contribution in [0.15, 0.2) is 30.5 Å². The second kappa shape index (κ2) is 10.1. The van der Waals surface area contributed by atoms with E-state index >= 15 is 0 Å². The molecule has 0 spiro atoms. The van der Waals surface area contributed by atoms with Crippen LogP contribution in [0.1, 0.15) is 45.6 Å². The van der Waals surface area contributed by atoms with Crippen molar-refractivity contribution in [1.82, 2.24) is 14.8 Å². The zero-order chi connectivity index (χ0) is 19.9. The van der Waals surface area contributed by atoms with Crippen LogP contribution in [0.25, 0.3) is 10.9 Å². The molecule has 0 bridgehead atoms. The minimum atomic E-state index is 0.152. The summed E-state index contributed by atoms with van der Waals surface area (Å²) >= 11 is 0. The van der Waals surface area contributed by atoms with Crippen LogP contribution in [-0.2, 0) is 22.6 Å². The number of likely N-dealkylation sites (tertiary alicyclic amines) is 1. The molecular weight excluding hydrogens is 350 g/mol.